The van der Waals surface area contributed by atoms with Crippen LogP contribution in [-0.2, 0) is 11.3 Å². The lowest BCUT2D eigenvalue weighted by Gasteiger charge is -2.22. The van der Waals surface area contributed by atoms with E-state index in [-0.39, 0.29) is 22.8 Å². The Bertz CT molecular complexity index is 863. The molecule has 0 heterocycles. The second kappa shape index (κ2) is 10.2. The number of para-hydroxylation sites is 1. The summed E-state index contributed by atoms with van der Waals surface area (Å²) in [5.41, 5.74) is 2.16. The first kappa shape index (κ1) is 21.0. The van der Waals surface area contributed by atoms with E-state index < -0.39 is 0 Å². The fourth-order valence-electron chi connectivity index (χ4n) is 3.65. The number of carbonyl (C=O) groups is 2. The van der Waals surface area contributed by atoms with E-state index in [1.807, 2.05) is 42.5 Å². The molecular weight excluding hydrogens is 382 g/mol. The van der Waals surface area contributed by atoms with Crippen molar-refractivity contribution >= 4 is 34.8 Å². The highest BCUT2D eigenvalue weighted by Gasteiger charge is 2.22. The third-order valence-electron chi connectivity index (χ3n) is 5.23. The molecule has 3 rings (SSSR count). The molecule has 152 valence electrons. The Hall–Kier alpha value is -2.73. The summed E-state index contributed by atoms with van der Waals surface area (Å²) >= 11 is 5.33. The molecule has 1 aliphatic rings. The summed E-state index contributed by atoms with van der Waals surface area (Å²) in [7, 11) is 1.77. The van der Waals surface area contributed by atoms with Crippen LogP contribution in [0, 0.1) is 5.92 Å². The Balaban J connectivity index is 1.64. The van der Waals surface area contributed by atoms with E-state index in [2.05, 4.69) is 10.6 Å². The van der Waals surface area contributed by atoms with Gasteiger partial charge < -0.3 is 15.5 Å². The summed E-state index contributed by atoms with van der Waals surface area (Å²) in [5.74, 6) is -0.122. The zero-order valence-corrected chi connectivity index (χ0v) is 17.5. The van der Waals surface area contributed by atoms with Gasteiger partial charge in [0, 0.05) is 19.5 Å². The smallest absolute Gasteiger partial charge is 0.256 e. The first-order valence-corrected chi connectivity index (χ1v) is 10.5. The Morgan fingerprint density at radius 3 is 2.38 bits per heavy atom. The van der Waals surface area contributed by atoms with Crippen molar-refractivity contribution in [2.75, 3.05) is 12.4 Å². The Kier molecular flexibility index (Phi) is 7.36. The number of nitrogens with zero attached hydrogens (tertiary/aromatic N) is 1. The Morgan fingerprint density at radius 1 is 1.00 bits per heavy atom. The molecule has 2 aromatic rings. The molecule has 0 saturated heterocycles. The number of hydrogen-bond acceptors (Lipinski definition) is 3. The van der Waals surface area contributed by atoms with Gasteiger partial charge in [0.2, 0.25) is 5.91 Å². The van der Waals surface area contributed by atoms with Crippen molar-refractivity contribution < 1.29 is 9.59 Å². The van der Waals surface area contributed by atoms with Crippen LogP contribution in [0.2, 0.25) is 0 Å². The molecule has 1 aliphatic carbocycles. The van der Waals surface area contributed by atoms with Crippen molar-refractivity contribution in [1.29, 1.82) is 0 Å². The van der Waals surface area contributed by atoms with Crippen molar-refractivity contribution in [3.63, 3.8) is 0 Å². The molecular formula is C23H27N3O2S. The zero-order chi connectivity index (χ0) is 20.6. The zero-order valence-electron chi connectivity index (χ0n) is 16.7. The van der Waals surface area contributed by atoms with Gasteiger partial charge in [0.05, 0.1) is 11.3 Å². The van der Waals surface area contributed by atoms with Crippen LogP contribution >= 0.6 is 12.2 Å². The van der Waals surface area contributed by atoms with Crippen LogP contribution in [0.5, 0.6) is 0 Å². The maximum atomic E-state index is 13.0. The highest BCUT2D eigenvalue weighted by Crippen LogP contribution is 2.24. The monoisotopic (exact) mass is 409 g/mol. The maximum absolute atomic E-state index is 13.0. The van der Waals surface area contributed by atoms with Crippen molar-refractivity contribution in [2.45, 2.75) is 38.6 Å². The minimum atomic E-state index is -0.113. The van der Waals surface area contributed by atoms with Gasteiger partial charge in [-0.2, -0.15) is 0 Å². The van der Waals surface area contributed by atoms with Crippen LogP contribution in [0.4, 0.5) is 5.69 Å². The number of hydrogen-bond donors (Lipinski definition) is 2. The Labute approximate surface area is 177 Å². The first-order chi connectivity index (χ1) is 14.0. The predicted octanol–water partition coefficient (Wildman–Crippen LogP) is 4.35. The normalized spacial score (nSPS) is 14.1. The molecule has 0 aliphatic heterocycles. The summed E-state index contributed by atoms with van der Waals surface area (Å²) < 4.78 is 0. The van der Waals surface area contributed by atoms with Crippen molar-refractivity contribution in [1.82, 2.24) is 10.2 Å². The predicted molar refractivity (Wildman–Crippen MR) is 120 cm³/mol. The summed E-state index contributed by atoms with van der Waals surface area (Å²) in [4.78, 5) is 27.1. The molecule has 6 heteroatoms. The van der Waals surface area contributed by atoms with Crippen LogP contribution in [-0.4, -0.2) is 28.9 Å². The van der Waals surface area contributed by atoms with Gasteiger partial charge in [0.1, 0.15) is 0 Å². The minimum Gasteiger partial charge on any atom is -0.337 e. The van der Waals surface area contributed by atoms with E-state index in [4.69, 9.17) is 12.2 Å². The second-order valence-electron chi connectivity index (χ2n) is 7.47. The molecule has 1 fully saturated rings. The lowest BCUT2D eigenvalue weighted by molar-refractivity contribution is -0.124. The van der Waals surface area contributed by atoms with E-state index in [0.29, 0.717) is 17.8 Å². The van der Waals surface area contributed by atoms with Gasteiger partial charge in [-0.1, -0.05) is 61.7 Å². The van der Waals surface area contributed by atoms with Gasteiger partial charge in [-0.05, 0) is 42.8 Å². The second-order valence-corrected chi connectivity index (χ2v) is 7.88. The molecule has 2 N–H and O–H groups in total. The number of nitrogens with one attached hydrogen (secondary N) is 2. The molecule has 0 spiro atoms. The summed E-state index contributed by atoms with van der Waals surface area (Å²) in [6.07, 6.45) is 5.19. The van der Waals surface area contributed by atoms with E-state index in [1.54, 1.807) is 24.1 Å². The van der Waals surface area contributed by atoms with Gasteiger partial charge >= 0.3 is 0 Å². The third kappa shape index (κ3) is 5.87. The highest BCUT2D eigenvalue weighted by molar-refractivity contribution is 7.80. The molecule has 29 heavy (non-hydrogen) atoms. The van der Waals surface area contributed by atoms with Gasteiger partial charge in [-0.3, -0.25) is 9.59 Å². The van der Waals surface area contributed by atoms with E-state index in [9.17, 15) is 9.59 Å². The summed E-state index contributed by atoms with van der Waals surface area (Å²) in [6, 6.07) is 17.1. The molecule has 1 saturated carbocycles. The van der Waals surface area contributed by atoms with Crippen molar-refractivity contribution in [3.05, 3.63) is 65.7 Å². The summed E-state index contributed by atoms with van der Waals surface area (Å²) in [5, 5.41) is 6.05. The Morgan fingerprint density at radius 2 is 1.66 bits per heavy atom. The molecule has 0 atom stereocenters. The number of anilines is 1. The van der Waals surface area contributed by atoms with E-state index >= 15 is 0 Å². The van der Waals surface area contributed by atoms with Crippen LogP contribution < -0.4 is 10.6 Å². The molecule has 2 aromatic carbocycles. The van der Waals surface area contributed by atoms with E-state index in [0.717, 1.165) is 31.2 Å². The van der Waals surface area contributed by atoms with E-state index in [1.165, 1.54) is 6.42 Å². The molecule has 5 nitrogen and oxygen atoms in total. The minimum absolute atomic E-state index is 0.0254. The first-order valence-electron chi connectivity index (χ1n) is 10.0. The fraction of sp³-hybridized carbons (Fsp3) is 0.348. The molecule has 0 bridgehead atoms. The average molecular weight is 410 g/mol. The highest BCUT2D eigenvalue weighted by atomic mass is 32.1. The van der Waals surface area contributed by atoms with Gasteiger partial charge in [-0.25, -0.2) is 0 Å². The van der Waals surface area contributed by atoms with Gasteiger partial charge in [-0.15, -0.1) is 0 Å². The maximum Gasteiger partial charge on any atom is 0.256 e. The SMILES string of the molecule is CN(Cc1ccccc1)C(=O)c1ccccc1NC(=S)NC(=O)C1CCCCC1. The van der Waals surface area contributed by atoms with Crippen LogP contribution in [0.15, 0.2) is 54.6 Å². The molecule has 2 amide bonds. The van der Waals surface area contributed by atoms with Crippen LogP contribution in [0.3, 0.4) is 0 Å². The van der Waals surface area contributed by atoms with Gasteiger partial charge in [0.25, 0.3) is 5.91 Å². The van der Waals surface area contributed by atoms with Crippen LogP contribution in [0.25, 0.3) is 0 Å². The largest absolute Gasteiger partial charge is 0.337 e. The molecule has 0 aromatic heterocycles. The third-order valence-corrected chi connectivity index (χ3v) is 5.43. The van der Waals surface area contributed by atoms with Crippen molar-refractivity contribution in [3.8, 4) is 0 Å². The topological polar surface area (TPSA) is 61.4 Å². The van der Waals surface area contributed by atoms with Crippen LogP contribution in [0.1, 0.15) is 48.0 Å². The number of amides is 2. The summed E-state index contributed by atoms with van der Waals surface area (Å²) in [6.45, 7) is 0.511. The van der Waals surface area contributed by atoms with Crippen molar-refractivity contribution in [2.24, 2.45) is 5.92 Å². The number of benzene rings is 2. The molecule has 0 radical (unpaired) electrons. The average Bonchev–Trinajstić information content (AvgIpc) is 2.75. The number of thiocarbonyl (C=S) groups is 1. The fourth-order valence-corrected chi connectivity index (χ4v) is 3.86. The standard InChI is InChI=1S/C23H27N3O2S/c1-26(16-17-10-4-2-5-11-17)22(28)19-14-8-9-15-20(19)24-23(29)25-21(27)18-12-6-3-7-13-18/h2,4-5,8-11,14-15,18H,3,6-7,12-13,16H2,1H3,(H2,24,25,27,29). The number of carbonyl (C=O) groups excluding carboxylic acids is 2. The molecule has 0 unspecified atom stereocenters. The van der Waals surface area contributed by atoms with Gasteiger partial charge in [0.15, 0.2) is 5.11 Å². The lowest BCUT2D eigenvalue weighted by atomic mass is 9.89. The lowest BCUT2D eigenvalue weighted by Crippen LogP contribution is -2.39. The quantitative estimate of drug-likeness (QED) is 0.721. The number of rotatable bonds is 5.